The molecule has 0 aromatic heterocycles. The number of alkyl halides is 1. The first-order valence-corrected chi connectivity index (χ1v) is 7.20. The molecule has 0 spiro atoms. The van der Waals surface area contributed by atoms with Crippen molar-refractivity contribution in [1.29, 1.82) is 0 Å². The van der Waals surface area contributed by atoms with E-state index in [9.17, 15) is 9.59 Å². The molecule has 1 atom stereocenters. The molecule has 2 amide bonds. The summed E-state index contributed by atoms with van der Waals surface area (Å²) in [5, 5.41) is 2.81. The monoisotopic (exact) mass is 290 g/mol. The Kier molecular flexibility index (Phi) is 6.07. The third kappa shape index (κ3) is 4.08. The highest BCUT2D eigenvalue weighted by atomic mass is 35.5. The lowest BCUT2D eigenvalue weighted by molar-refractivity contribution is -0.154. The Balaban J connectivity index is 2.77. The molecule has 0 bridgehead atoms. The molecule has 0 aromatic carbocycles. The summed E-state index contributed by atoms with van der Waals surface area (Å²) in [6.45, 7) is 7.32. The SMILES string of the molecule is CCCNC(=O)C1COCCN1C(=O)C(C)(C)CCl. The number of amides is 2. The third-order valence-electron chi connectivity index (χ3n) is 3.15. The molecule has 1 fully saturated rings. The van der Waals surface area contributed by atoms with E-state index in [4.69, 9.17) is 16.3 Å². The Morgan fingerprint density at radius 1 is 1.47 bits per heavy atom. The summed E-state index contributed by atoms with van der Waals surface area (Å²) in [5.41, 5.74) is -0.665. The van der Waals surface area contributed by atoms with Gasteiger partial charge in [-0.2, -0.15) is 0 Å². The van der Waals surface area contributed by atoms with Crippen LogP contribution in [0.4, 0.5) is 0 Å². The first kappa shape index (κ1) is 16.2. The number of morpholine rings is 1. The number of nitrogens with zero attached hydrogens (tertiary/aromatic N) is 1. The zero-order valence-electron chi connectivity index (χ0n) is 11.9. The van der Waals surface area contributed by atoms with Crippen molar-refractivity contribution in [2.75, 3.05) is 32.2 Å². The Bertz CT molecular complexity index is 334. The van der Waals surface area contributed by atoms with Gasteiger partial charge in [0.15, 0.2) is 0 Å². The maximum absolute atomic E-state index is 12.4. The number of halogens is 1. The molecule has 1 rings (SSSR count). The average molecular weight is 291 g/mol. The quantitative estimate of drug-likeness (QED) is 0.769. The molecule has 1 N–H and O–H groups in total. The molecular formula is C13H23ClN2O3. The fourth-order valence-electron chi connectivity index (χ4n) is 1.88. The van der Waals surface area contributed by atoms with Gasteiger partial charge in [0.1, 0.15) is 6.04 Å². The first-order chi connectivity index (χ1) is 8.94. The van der Waals surface area contributed by atoms with Gasteiger partial charge >= 0.3 is 0 Å². The minimum Gasteiger partial charge on any atom is -0.377 e. The lowest BCUT2D eigenvalue weighted by Gasteiger charge is -2.38. The van der Waals surface area contributed by atoms with Crippen LogP contribution in [0.5, 0.6) is 0 Å². The van der Waals surface area contributed by atoms with Crippen molar-refractivity contribution < 1.29 is 14.3 Å². The van der Waals surface area contributed by atoms with E-state index in [1.54, 1.807) is 18.7 Å². The summed E-state index contributed by atoms with van der Waals surface area (Å²) in [6, 6.07) is -0.546. The lowest BCUT2D eigenvalue weighted by atomic mass is 9.93. The molecule has 1 unspecified atom stereocenters. The van der Waals surface area contributed by atoms with Crippen molar-refractivity contribution in [3.05, 3.63) is 0 Å². The van der Waals surface area contributed by atoms with Crippen LogP contribution in [0.2, 0.25) is 0 Å². The van der Waals surface area contributed by atoms with E-state index in [0.717, 1.165) is 6.42 Å². The zero-order valence-corrected chi connectivity index (χ0v) is 12.6. The smallest absolute Gasteiger partial charge is 0.245 e. The van der Waals surface area contributed by atoms with Crippen LogP contribution in [0.25, 0.3) is 0 Å². The number of rotatable bonds is 5. The summed E-state index contributed by atoms with van der Waals surface area (Å²) in [6.07, 6.45) is 0.862. The second-order valence-electron chi connectivity index (χ2n) is 5.40. The normalized spacial score (nSPS) is 20.2. The van der Waals surface area contributed by atoms with E-state index in [2.05, 4.69) is 5.32 Å². The summed E-state index contributed by atoms with van der Waals surface area (Å²) >= 11 is 5.84. The first-order valence-electron chi connectivity index (χ1n) is 6.66. The topological polar surface area (TPSA) is 58.6 Å². The van der Waals surface area contributed by atoms with Crippen LogP contribution in [-0.2, 0) is 14.3 Å². The number of hydrogen-bond acceptors (Lipinski definition) is 3. The van der Waals surface area contributed by atoms with Gasteiger partial charge in [0, 0.05) is 19.0 Å². The van der Waals surface area contributed by atoms with Gasteiger partial charge in [-0.15, -0.1) is 11.6 Å². The Morgan fingerprint density at radius 2 is 2.16 bits per heavy atom. The van der Waals surface area contributed by atoms with E-state index in [-0.39, 0.29) is 24.3 Å². The second kappa shape index (κ2) is 7.10. The molecule has 5 nitrogen and oxygen atoms in total. The van der Waals surface area contributed by atoms with Crippen LogP contribution in [0.15, 0.2) is 0 Å². The predicted molar refractivity (Wildman–Crippen MR) is 74.1 cm³/mol. The number of ether oxygens (including phenoxy) is 1. The van der Waals surface area contributed by atoms with Crippen LogP contribution >= 0.6 is 11.6 Å². The van der Waals surface area contributed by atoms with Crippen LogP contribution in [0, 0.1) is 5.41 Å². The van der Waals surface area contributed by atoms with Gasteiger partial charge in [-0.25, -0.2) is 0 Å². The molecule has 1 heterocycles. The van der Waals surface area contributed by atoms with Crippen LogP contribution in [0.3, 0.4) is 0 Å². The minimum absolute atomic E-state index is 0.0950. The van der Waals surface area contributed by atoms with Crippen LogP contribution in [-0.4, -0.2) is 54.9 Å². The highest BCUT2D eigenvalue weighted by Gasteiger charge is 2.39. The van der Waals surface area contributed by atoms with Crippen molar-refractivity contribution in [3.8, 4) is 0 Å². The summed E-state index contributed by atoms with van der Waals surface area (Å²) in [7, 11) is 0. The van der Waals surface area contributed by atoms with Gasteiger partial charge in [0.05, 0.1) is 18.6 Å². The molecule has 1 aliphatic rings. The molecule has 0 aliphatic carbocycles. The highest BCUT2D eigenvalue weighted by Crippen LogP contribution is 2.23. The van der Waals surface area contributed by atoms with E-state index in [0.29, 0.717) is 19.7 Å². The molecule has 1 aliphatic heterocycles. The van der Waals surface area contributed by atoms with E-state index >= 15 is 0 Å². The van der Waals surface area contributed by atoms with Crippen molar-refractivity contribution in [2.45, 2.75) is 33.2 Å². The molecule has 19 heavy (non-hydrogen) atoms. The predicted octanol–water partition coefficient (Wildman–Crippen LogP) is 1.00. The van der Waals surface area contributed by atoms with Crippen molar-refractivity contribution in [3.63, 3.8) is 0 Å². The largest absolute Gasteiger partial charge is 0.377 e. The van der Waals surface area contributed by atoms with Gasteiger partial charge in [-0.1, -0.05) is 6.92 Å². The summed E-state index contributed by atoms with van der Waals surface area (Å²) in [5.74, 6) is -0.0188. The maximum Gasteiger partial charge on any atom is 0.245 e. The van der Waals surface area contributed by atoms with Crippen molar-refractivity contribution in [2.24, 2.45) is 5.41 Å². The van der Waals surface area contributed by atoms with E-state index < -0.39 is 11.5 Å². The highest BCUT2D eigenvalue weighted by molar-refractivity contribution is 6.19. The maximum atomic E-state index is 12.4. The zero-order chi connectivity index (χ0) is 14.5. The molecule has 6 heteroatoms. The number of nitrogens with one attached hydrogen (secondary N) is 1. The summed E-state index contributed by atoms with van der Waals surface area (Å²) < 4.78 is 5.32. The van der Waals surface area contributed by atoms with Gasteiger partial charge in [-0.05, 0) is 20.3 Å². The van der Waals surface area contributed by atoms with E-state index in [1.165, 1.54) is 0 Å². The van der Waals surface area contributed by atoms with E-state index in [1.807, 2.05) is 6.92 Å². The van der Waals surface area contributed by atoms with Gasteiger partial charge < -0.3 is 15.0 Å². The Labute approximate surface area is 119 Å². The molecular weight excluding hydrogens is 268 g/mol. The van der Waals surface area contributed by atoms with Crippen molar-refractivity contribution in [1.82, 2.24) is 10.2 Å². The summed E-state index contributed by atoms with van der Waals surface area (Å²) in [4.78, 5) is 26.1. The fraction of sp³-hybridized carbons (Fsp3) is 0.846. The molecule has 110 valence electrons. The molecule has 0 radical (unpaired) electrons. The van der Waals surface area contributed by atoms with Gasteiger partial charge in [0.2, 0.25) is 11.8 Å². The Hall–Kier alpha value is -0.810. The molecule has 0 aromatic rings. The second-order valence-corrected chi connectivity index (χ2v) is 5.67. The molecule has 0 saturated carbocycles. The average Bonchev–Trinajstić information content (AvgIpc) is 2.43. The van der Waals surface area contributed by atoms with Crippen LogP contribution in [0.1, 0.15) is 27.2 Å². The van der Waals surface area contributed by atoms with Gasteiger partial charge in [0.25, 0.3) is 0 Å². The fourth-order valence-corrected chi connectivity index (χ4v) is 1.99. The number of carbonyl (C=O) groups excluding carboxylic acids is 2. The van der Waals surface area contributed by atoms with Crippen molar-refractivity contribution >= 4 is 23.4 Å². The standard InChI is InChI=1S/C13H23ClN2O3/c1-4-5-15-11(17)10-8-19-7-6-16(10)12(18)13(2,3)9-14/h10H,4-9H2,1-3H3,(H,15,17). The third-order valence-corrected chi connectivity index (χ3v) is 3.82. The minimum atomic E-state index is -0.665. The van der Waals surface area contributed by atoms with Crippen LogP contribution < -0.4 is 5.32 Å². The molecule has 1 saturated heterocycles. The number of hydrogen-bond donors (Lipinski definition) is 1. The van der Waals surface area contributed by atoms with Gasteiger partial charge in [-0.3, -0.25) is 9.59 Å². The Morgan fingerprint density at radius 3 is 2.74 bits per heavy atom. The lowest BCUT2D eigenvalue weighted by Crippen LogP contribution is -2.58. The number of carbonyl (C=O) groups is 2.